The third kappa shape index (κ3) is 6.21. The number of rotatable bonds is 3. The van der Waals surface area contributed by atoms with Gasteiger partial charge in [-0.1, -0.05) is 12.1 Å². The minimum Gasteiger partial charge on any atom is -0.497 e. The largest absolute Gasteiger partial charge is 0.497 e. The lowest BCUT2D eigenvalue weighted by molar-refractivity contribution is -0.124. The van der Waals surface area contributed by atoms with Crippen molar-refractivity contribution in [2.75, 3.05) is 64.5 Å². The molecule has 4 rings (SSSR count). The second-order valence-corrected chi connectivity index (χ2v) is 8.24. The zero-order valence-corrected chi connectivity index (χ0v) is 19.7. The van der Waals surface area contributed by atoms with Crippen LogP contribution in [0.2, 0.25) is 0 Å². The number of fused-ring (bicyclic) bond motifs is 2. The molecule has 2 aliphatic rings. The van der Waals surface area contributed by atoms with Crippen molar-refractivity contribution in [3.63, 3.8) is 0 Å². The van der Waals surface area contributed by atoms with Crippen molar-refractivity contribution < 1.29 is 28.6 Å². The van der Waals surface area contributed by atoms with Gasteiger partial charge in [0, 0.05) is 19.2 Å². The molecule has 186 valence electrons. The Hall–Kier alpha value is -3.79. The molecule has 0 unspecified atom stereocenters. The molecule has 2 aliphatic heterocycles. The number of hydrogen-bond donors (Lipinski definition) is 2. The van der Waals surface area contributed by atoms with Crippen LogP contribution in [0, 0.1) is 0 Å². The van der Waals surface area contributed by atoms with Crippen molar-refractivity contribution in [2.24, 2.45) is 0 Å². The second-order valence-electron chi connectivity index (χ2n) is 8.24. The van der Waals surface area contributed by atoms with Gasteiger partial charge in [0.2, 0.25) is 11.8 Å². The van der Waals surface area contributed by atoms with Crippen LogP contribution < -0.4 is 29.7 Å². The van der Waals surface area contributed by atoms with Crippen LogP contribution in [0.3, 0.4) is 0 Å². The van der Waals surface area contributed by atoms with Gasteiger partial charge in [0.15, 0.2) is 0 Å². The van der Waals surface area contributed by atoms with Gasteiger partial charge < -0.3 is 29.7 Å². The molecule has 0 aliphatic carbocycles. The Kier molecular flexibility index (Phi) is 8.04. The van der Waals surface area contributed by atoms with Gasteiger partial charge in [0.1, 0.15) is 30.5 Å². The molecule has 2 aromatic carbocycles. The summed E-state index contributed by atoms with van der Waals surface area (Å²) in [7, 11) is 1.54. The van der Waals surface area contributed by atoms with Gasteiger partial charge >= 0.3 is 0 Å². The van der Waals surface area contributed by atoms with Gasteiger partial charge in [-0.25, -0.2) is 0 Å². The molecule has 0 saturated heterocycles. The van der Waals surface area contributed by atoms with Crippen LogP contribution in [0.5, 0.6) is 17.2 Å². The molecule has 35 heavy (non-hydrogen) atoms. The van der Waals surface area contributed by atoms with E-state index in [4.69, 9.17) is 14.2 Å². The number of ether oxygens (including phenoxy) is 3. The van der Waals surface area contributed by atoms with Crippen molar-refractivity contribution >= 4 is 23.4 Å². The van der Waals surface area contributed by atoms with E-state index in [1.54, 1.807) is 35.1 Å². The van der Waals surface area contributed by atoms with E-state index in [9.17, 15) is 14.4 Å². The average molecular weight is 483 g/mol. The second kappa shape index (κ2) is 11.6. The number of carbonyl (C=O) groups excluding carboxylic acids is 3. The van der Waals surface area contributed by atoms with Crippen LogP contribution in [-0.4, -0.2) is 82.2 Å². The molecule has 2 aromatic rings. The molecule has 2 heterocycles. The predicted octanol–water partition coefficient (Wildman–Crippen LogP) is 1.05. The molecule has 0 bridgehead atoms. The first kappa shape index (κ1) is 24.3. The number of hydrogen-bond acceptors (Lipinski definition) is 7. The normalized spacial score (nSPS) is 17.5. The summed E-state index contributed by atoms with van der Waals surface area (Å²) < 4.78 is 16.6. The molecule has 0 spiro atoms. The van der Waals surface area contributed by atoms with Crippen LogP contribution in [0.4, 0.5) is 5.69 Å². The fraction of sp³-hybridized carbons (Fsp3) is 0.400. The van der Waals surface area contributed by atoms with Gasteiger partial charge in [0.25, 0.3) is 5.91 Å². The average Bonchev–Trinajstić information content (AvgIpc) is 2.87. The van der Waals surface area contributed by atoms with E-state index in [-0.39, 0.29) is 44.0 Å². The molecule has 10 heteroatoms. The molecule has 2 N–H and O–H groups in total. The van der Waals surface area contributed by atoms with Crippen molar-refractivity contribution in [2.45, 2.75) is 6.42 Å². The van der Waals surface area contributed by atoms with Crippen LogP contribution in [0.1, 0.15) is 16.8 Å². The summed E-state index contributed by atoms with van der Waals surface area (Å²) >= 11 is 0. The fourth-order valence-corrected chi connectivity index (χ4v) is 4.07. The van der Waals surface area contributed by atoms with E-state index >= 15 is 0 Å². The molecule has 3 amide bonds. The van der Waals surface area contributed by atoms with Crippen molar-refractivity contribution in [3.05, 3.63) is 48.0 Å². The maximum atomic E-state index is 13.1. The number of benzene rings is 2. The summed E-state index contributed by atoms with van der Waals surface area (Å²) in [5.74, 6) is 1.08. The number of nitrogens with zero attached hydrogens (tertiary/aromatic N) is 2. The number of amides is 3. The van der Waals surface area contributed by atoms with Crippen LogP contribution >= 0.6 is 0 Å². The maximum Gasteiger partial charge on any atom is 0.255 e. The van der Waals surface area contributed by atoms with E-state index in [1.165, 1.54) is 0 Å². The van der Waals surface area contributed by atoms with E-state index in [0.29, 0.717) is 55.5 Å². The van der Waals surface area contributed by atoms with Crippen LogP contribution in [-0.2, 0) is 9.59 Å². The van der Waals surface area contributed by atoms with E-state index in [1.807, 2.05) is 24.3 Å². The highest BCUT2D eigenvalue weighted by molar-refractivity contribution is 5.97. The minimum absolute atomic E-state index is 0.0656. The SMILES string of the molecule is COc1ccc2c(c1)OCCNC(=O)CN(CC(=O)N1CCOc3ccccc31)CCCNC2=O. The van der Waals surface area contributed by atoms with Gasteiger partial charge in [-0.3, -0.25) is 19.3 Å². The summed E-state index contributed by atoms with van der Waals surface area (Å²) in [5.41, 5.74) is 1.13. The van der Waals surface area contributed by atoms with Gasteiger partial charge in [-0.2, -0.15) is 0 Å². The van der Waals surface area contributed by atoms with E-state index in [0.717, 1.165) is 5.69 Å². The summed E-state index contributed by atoms with van der Waals surface area (Å²) in [6.45, 7) is 2.31. The molecular weight excluding hydrogens is 452 g/mol. The van der Waals surface area contributed by atoms with Gasteiger partial charge in [-0.15, -0.1) is 0 Å². The predicted molar refractivity (Wildman–Crippen MR) is 129 cm³/mol. The van der Waals surface area contributed by atoms with Crippen LogP contribution in [0.15, 0.2) is 42.5 Å². The van der Waals surface area contributed by atoms with E-state index in [2.05, 4.69) is 10.6 Å². The van der Waals surface area contributed by atoms with Gasteiger partial charge in [0.05, 0.1) is 44.5 Å². The Morgan fingerprint density at radius 2 is 1.83 bits per heavy atom. The third-order valence-electron chi connectivity index (χ3n) is 5.81. The highest BCUT2D eigenvalue weighted by Crippen LogP contribution is 2.31. The number of anilines is 1. The monoisotopic (exact) mass is 482 g/mol. The van der Waals surface area contributed by atoms with E-state index < -0.39 is 0 Å². The number of methoxy groups -OCH3 is 1. The quantitative estimate of drug-likeness (QED) is 0.673. The molecule has 0 atom stereocenters. The Bertz CT molecular complexity index is 1080. The number of carbonyl (C=O) groups is 3. The zero-order chi connectivity index (χ0) is 24.6. The number of nitrogens with one attached hydrogen (secondary N) is 2. The highest BCUT2D eigenvalue weighted by Gasteiger charge is 2.25. The Balaban J connectivity index is 1.42. The molecule has 0 fully saturated rings. The summed E-state index contributed by atoms with van der Waals surface area (Å²) in [4.78, 5) is 41.9. The lowest BCUT2D eigenvalue weighted by atomic mass is 10.1. The molecule has 0 radical (unpaired) electrons. The molecular formula is C25H30N4O6. The summed E-state index contributed by atoms with van der Waals surface area (Å²) in [5, 5.41) is 5.72. The lowest BCUT2D eigenvalue weighted by Crippen LogP contribution is -2.47. The lowest BCUT2D eigenvalue weighted by Gasteiger charge is -2.31. The zero-order valence-electron chi connectivity index (χ0n) is 19.7. The summed E-state index contributed by atoms with van der Waals surface area (Å²) in [6.07, 6.45) is 0.568. The first-order valence-electron chi connectivity index (χ1n) is 11.7. The smallest absolute Gasteiger partial charge is 0.255 e. The molecule has 0 saturated carbocycles. The molecule has 10 nitrogen and oxygen atoms in total. The van der Waals surface area contributed by atoms with Crippen molar-refractivity contribution in [3.8, 4) is 17.2 Å². The third-order valence-corrected chi connectivity index (χ3v) is 5.81. The maximum absolute atomic E-state index is 13.1. The topological polar surface area (TPSA) is 109 Å². The van der Waals surface area contributed by atoms with Crippen molar-refractivity contribution in [1.82, 2.24) is 15.5 Å². The standard InChI is InChI=1S/C25H30N4O6/c1-33-18-7-8-19-22(15-18)34-13-10-26-23(30)16-28(11-4-9-27-25(19)32)17-24(31)29-12-14-35-21-6-3-2-5-20(21)29/h2-3,5-8,15H,4,9-14,16-17H2,1H3,(H,26,30)(H,27,32). The molecule has 0 aromatic heterocycles. The van der Waals surface area contributed by atoms with Crippen molar-refractivity contribution in [1.29, 1.82) is 0 Å². The Morgan fingerprint density at radius 3 is 2.69 bits per heavy atom. The van der Waals surface area contributed by atoms with Gasteiger partial charge in [-0.05, 0) is 30.7 Å². The fourth-order valence-electron chi connectivity index (χ4n) is 4.07. The number of para-hydroxylation sites is 2. The summed E-state index contributed by atoms with van der Waals surface area (Å²) in [6, 6.07) is 12.4. The Labute approximate surface area is 204 Å². The minimum atomic E-state index is -0.253. The highest BCUT2D eigenvalue weighted by atomic mass is 16.5. The van der Waals surface area contributed by atoms with Crippen LogP contribution in [0.25, 0.3) is 0 Å². The first-order chi connectivity index (χ1) is 17.0. The first-order valence-corrected chi connectivity index (χ1v) is 11.7. The Morgan fingerprint density at radius 1 is 1.00 bits per heavy atom.